The lowest BCUT2D eigenvalue weighted by atomic mass is 10.2. The number of rotatable bonds is 6. The molecule has 0 unspecified atom stereocenters. The zero-order chi connectivity index (χ0) is 15.4. The van der Waals surface area contributed by atoms with Gasteiger partial charge in [-0.2, -0.15) is 5.10 Å². The molecule has 2 rings (SSSR count). The van der Waals surface area contributed by atoms with Crippen LogP contribution in [0.2, 0.25) is 0 Å². The maximum Gasteiger partial charge on any atom is 0.261 e. The average molecular weight is 306 g/mol. The second-order valence-corrected chi connectivity index (χ2v) is 5.59. The number of unbranched alkanes of at least 4 members (excludes halogenated alkanes) is 1. The molecule has 0 bridgehead atoms. The van der Waals surface area contributed by atoms with Crippen molar-refractivity contribution in [2.24, 2.45) is 0 Å². The third-order valence-corrected chi connectivity index (χ3v) is 3.89. The first-order chi connectivity index (χ1) is 10.1. The van der Waals surface area contributed by atoms with E-state index in [2.05, 4.69) is 24.0 Å². The fourth-order valence-electron chi connectivity index (χ4n) is 2.39. The Kier molecular flexibility index (Phi) is 5.12. The van der Waals surface area contributed by atoms with Gasteiger partial charge in [0.15, 0.2) is 10.6 Å². The van der Waals surface area contributed by atoms with Gasteiger partial charge in [-0.05, 0) is 44.1 Å². The molecule has 0 fully saturated rings. The van der Waals surface area contributed by atoms with Gasteiger partial charge in [0.25, 0.3) is 5.56 Å². The number of aryl methyl sites for hydroxylation is 1. The van der Waals surface area contributed by atoms with Gasteiger partial charge in [-0.3, -0.25) is 9.89 Å². The second kappa shape index (κ2) is 6.85. The first kappa shape index (κ1) is 15.7. The van der Waals surface area contributed by atoms with E-state index in [1.807, 2.05) is 28.2 Å². The molecule has 0 radical (unpaired) electrons. The van der Waals surface area contributed by atoms with Crippen molar-refractivity contribution in [1.29, 1.82) is 0 Å². The monoisotopic (exact) mass is 306 g/mol. The van der Waals surface area contributed by atoms with Crippen molar-refractivity contribution in [2.45, 2.75) is 53.1 Å². The van der Waals surface area contributed by atoms with Crippen LogP contribution in [0.15, 0.2) is 16.9 Å². The summed E-state index contributed by atoms with van der Waals surface area (Å²) in [6.45, 7) is 7.66. The number of nitrogens with one attached hydrogen (secondary N) is 1. The molecule has 6 heteroatoms. The van der Waals surface area contributed by atoms with Crippen molar-refractivity contribution >= 4 is 12.2 Å². The summed E-state index contributed by atoms with van der Waals surface area (Å²) in [6, 6.07) is 3.82. The number of aromatic amines is 1. The minimum Gasteiger partial charge on any atom is -0.312 e. The normalized spacial score (nSPS) is 11.0. The van der Waals surface area contributed by atoms with E-state index in [4.69, 9.17) is 12.2 Å². The molecule has 0 amide bonds. The topological polar surface area (TPSA) is 55.6 Å². The third-order valence-electron chi connectivity index (χ3n) is 3.57. The Morgan fingerprint density at radius 2 is 1.95 bits per heavy atom. The number of H-pyrrole nitrogens is 1. The Morgan fingerprint density at radius 1 is 1.19 bits per heavy atom. The fraction of sp³-hybridized carbons (Fsp3) is 0.533. The highest BCUT2D eigenvalue weighted by Gasteiger charge is 2.14. The van der Waals surface area contributed by atoms with Gasteiger partial charge in [-0.1, -0.05) is 20.3 Å². The molecular formula is C15H22N4OS. The number of hydrogen-bond acceptors (Lipinski definition) is 3. The van der Waals surface area contributed by atoms with Crippen molar-refractivity contribution in [3.63, 3.8) is 0 Å². The van der Waals surface area contributed by atoms with Crippen LogP contribution >= 0.6 is 12.2 Å². The largest absolute Gasteiger partial charge is 0.312 e. The van der Waals surface area contributed by atoms with Crippen LogP contribution in [0.5, 0.6) is 0 Å². The molecule has 5 nitrogen and oxygen atoms in total. The Morgan fingerprint density at radius 3 is 2.62 bits per heavy atom. The number of nitrogens with zero attached hydrogens (tertiary/aromatic N) is 3. The standard InChI is InChI=1S/C15H22N4OS/c1-4-6-10-18-11(3)7-8-12(14(18)20)13-16-17-15(21)19(13)9-5-2/h7-8H,4-6,9-10H2,1-3H3,(H,17,21). The van der Waals surface area contributed by atoms with Crippen molar-refractivity contribution in [1.82, 2.24) is 19.3 Å². The van der Waals surface area contributed by atoms with E-state index < -0.39 is 0 Å². The first-order valence-electron chi connectivity index (χ1n) is 7.46. The first-order valence-corrected chi connectivity index (χ1v) is 7.87. The van der Waals surface area contributed by atoms with Crippen LogP contribution in [0, 0.1) is 11.7 Å². The third kappa shape index (κ3) is 3.15. The minimum atomic E-state index is 0.00908. The average Bonchev–Trinajstić information content (AvgIpc) is 2.81. The Labute approximate surface area is 129 Å². The molecule has 2 heterocycles. The Bertz CT molecular complexity index is 726. The quantitative estimate of drug-likeness (QED) is 0.833. The molecule has 0 atom stereocenters. The van der Waals surface area contributed by atoms with E-state index in [9.17, 15) is 4.79 Å². The predicted octanol–water partition coefficient (Wildman–Crippen LogP) is 3.29. The summed E-state index contributed by atoms with van der Waals surface area (Å²) in [7, 11) is 0. The van der Waals surface area contributed by atoms with E-state index in [0.29, 0.717) is 16.2 Å². The number of pyridine rings is 1. The van der Waals surface area contributed by atoms with Crippen LogP contribution in [0.3, 0.4) is 0 Å². The molecule has 114 valence electrons. The molecule has 0 aliphatic carbocycles. The highest BCUT2D eigenvalue weighted by Crippen LogP contribution is 2.15. The van der Waals surface area contributed by atoms with Gasteiger partial charge in [0.2, 0.25) is 0 Å². The summed E-state index contributed by atoms with van der Waals surface area (Å²) in [4.78, 5) is 12.7. The molecule has 0 aliphatic heterocycles. The Balaban J connectivity index is 2.55. The van der Waals surface area contributed by atoms with Crippen LogP contribution in [0.1, 0.15) is 38.8 Å². The molecule has 0 aliphatic rings. The summed E-state index contributed by atoms with van der Waals surface area (Å²) in [5, 5.41) is 7.04. The van der Waals surface area contributed by atoms with Gasteiger partial charge in [0.1, 0.15) is 0 Å². The van der Waals surface area contributed by atoms with Gasteiger partial charge >= 0.3 is 0 Å². The smallest absolute Gasteiger partial charge is 0.261 e. The van der Waals surface area contributed by atoms with Gasteiger partial charge in [-0.25, -0.2) is 0 Å². The molecule has 2 aromatic heterocycles. The molecule has 0 saturated carbocycles. The lowest BCUT2D eigenvalue weighted by Crippen LogP contribution is -2.24. The molecular weight excluding hydrogens is 284 g/mol. The lowest BCUT2D eigenvalue weighted by Gasteiger charge is -2.12. The van der Waals surface area contributed by atoms with Crippen LogP contribution in [0.4, 0.5) is 0 Å². The van der Waals surface area contributed by atoms with E-state index in [1.54, 1.807) is 0 Å². The van der Waals surface area contributed by atoms with E-state index in [-0.39, 0.29) is 5.56 Å². The fourth-order valence-corrected chi connectivity index (χ4v) is 2.61. The van der Waals surface area contributed by atoms with E-state index in [1.165, 1.54) is 0 Å². The summed E-state index contributed by atoms with van der Waals surface area (Å²) < 4.78 is 4.28. The second-order valence-electron chi connectivity index (χ2n) is 5.20. The van der Waals surface area contributed by atoms with Crippen LogP contribution in [-0.2, 0) is 13.1 Å². The van der Waals surface area contributed by atoms with Crippen molar-refractivity contribution in [3.8, 4) is 11.4 Å². The van der Waals surface area contributed by atoms with Crippen molar-refractivity contribution in [3.05, 3.63) is 33.0 Å². The van der Waals surface area contributed by atoms with Crippen molar-refractivity contribution in [2.75, 3.05) is 0 Å². The highest BCUT2D eigenvalue weighted by molar-refractivity contribution is 7.71. The molecule has 21 heavy (non-hydrogen) atoms. The molecule has 1 N–H and O–H groups in total. The van der Waals surface area contributed by atoms with Crippen LogP contribution in [-0.4, -0.2) is 19.3 Å². The molecule has 2 aromatic rings. The minimum absolute atomic E-state index is 0.00908. The summed E-state index contributed by atoms with van der Waals surface area (Å²) >= 11 is 5.25. The Hall–Kier alpha value is -1.69. The van der Waals surface area contributed by atoms with Crippen LogP contribution < -0.4 is 5.56 Å². The SMILES string of the molecule is CCCCn1c(C)ccc(-c2n[nH]c(=S)n2CCC)c1=O. The van der Waals surface area contributed by atoms with Crippen molar-refractivity contribution < 1.29 is 0 Å². The number of hydrogen-bond donors (Lipinski definition) is 1. The molecule has 0 spiro atoms. The van der Waals surface area contributed by atoms with Gasteiger partial charge < -0.3 is 9.13 Å². The van der Waals surface area contributed by atoms with Crippen LogP contribution in [0.25, 0.3) is 11.4 Å². The molecule has 0 saturated heterocycles. The maximum atomic E-state index is 12.7. The summed E-state index contributed by atoms with van der Waals surface area (Å²) in [6.07, 6.45) is 2.99. The number of aromatic nitrogens is 4. The van der Waals surface area contributed by atoms with Gasteiger partial charge in [-0.15, -0.1) is 0 Å². The highest BCUT2D eigenvalue weighted by atomic mass is 32.1. The summed E-state index contributed by atoms with van der Waals surface area (Å²) in [5.74, 6) is 0.636. The predicted molar refractivity (Wildman–Crippen MR) is 87.0 cm³/mol. The molecule has 0 aromatic carbocycles. The zero-order valence-corrected chi connectivity index (χ0v) is 13.7. The van der Waals surface area contributed by atoms with E-state index in [0.717, 1.165) is 38.0 Å². The maximum absolute atomic E-state index is 12.7. The summed E-state index contributed by atoms with van der Waals surface area (Å²) in [5.41, 5.74) is 1.60. The lowest BCUT2D eigenvalue weighted by molar-refractivity contribution is 0.598. The zero-order valence-electron chi connectivity index (χ0n) is 12.8. The van der Waals surface area contributed by atoms with E-state index >= 15 is 0 Å². The van der Waals surface area contributed by atoms with Gasteiger partial charge in [0.05, 0.1) is 5.56 Å². The van der Waals surface area contributed by atoms with Gasteiger partial charge in [0, 0.05) is 18.8 Å².